The zero-order valence-corrected chi connectivity index (χ0v) is 9.10. The normalized spacial score (nSPS) is 11.6. The second kappa shape index (κ2) is 4.14. The molecular formula is C11H15F2NO. The summed E-state index contributed by atoms with van der Waals surface area (Å²) in [4.78, 5) is 0. The van der Waals surface area contributed by atoms with Crippen molar-refractivity contribution < 1.29 is 13.5 Å². The van der Waals surface area contributed by atoms with Crippen molar-refractivity contribution in [3.05, 3.63) is 29.3 Å². The van der Waals surface area contributed by atoms with Crippen LogP contribution >= 0.6 is 0 Å². The van der Waals surface area contributed by atoms with Gasteiger partial charge in [0.1, 0.15) is 17.4 Å². The minimum atomic E-state index is -0.722. The molecule has 2 N–H and O–H groups in total. The quantitative estimate of drug-likeness (QED) is 0.839. The molecule has 0 atom stereocenters. The van der Waals surface area contributed by atoms with Gasteiger partial charge >= 0.3 is 0 Å². The molecule has 1 aromatic carbocycles. The van der Waals surface area contributed by atoms with E-state index >= 15 is 0 Å². The Morgan fingerprint density at radius 3 is 2.07 bits per heavy atom. The smallest absolute Gasteiger partial charge is 0.133 e. The van der Waals surface area contributed by atoms with Gasteiger partial charge < -0.3 is 10.5 Å². The highest BCUT2D eigenvalue weighted by Crippen LogP contribution is 2.30. The maximum atomic E-state index is 13.6. The summed E-state index contributed by atoms with van der Waals surface area (Å²) in [6.45, 7) is 3.56. The molecule has 0 fully saturated rings. The van der Waals surface area contributed by atoms with Crippen LogP contribution in [0.25, 0.3) is 0 Å². The maximum Gasteiger partial charge on any atom is 0.133 e. The first-order valence-corrected chi connectivity index (χ1v) is 4.66. The summed E-state index contributed by atoms with van der Waals surface area (Å²) in [6.07, 6.45) is 0. The highest BCUT2D eigenvalue weighted by Gasteiger charge is 2.27. The van der Waals surface area contributed by atoms with Crippen LogP contribution in [0.4, 0.5) is 8.78 Å². The van der Waals surface area contributed by atoms with Crippen LogP contribution in [0.1, 0.15) is 19.4 Å². The van der Waals surface area contributed by atoms with Gasteiger partial charge in [0.05, 0.1) is 7.11 Å². The predicted molar refractivity (Wildman–Crippen MR) is 55.0 cm³/mol. The molecule has 0 unspecified atom stereocenters. The number of methoxy groups -OCH3 is 1. The number of hydrogen-bond acceptors (Lipinski definition) is 2. The van der Waals surface area contributed by atoms with E-state index in [1.165, 1.54) is 7.11 Å². The van der Waals surface area contributed by atoms with Crippen LogP contribution in [0, 0.1) is 11.6 Å². The Morgan fingerprint density at radius 2 is 1.73 bits per heavy atom. The van der Waals surface area contributed by atoms with Crippen LogP contribution in [-0.2, 0) is 5.41 Å². The summed E-state index contributed by atoms with van der Waals surface area (Å²) in [6, 6.07) is 2.33. The molecular weight excluding hydrogens is 200 g/mol. The van der Waals surface area contributed by atoms with Gasteiger partial charge in [-0.1, -0.05) is 13.8 Å². The van der Waals surface area contributed by atoms with Crippen molar-refractivity contribution in [2.75, 3.05) is 13.7 Å². The van der Waals surface area contributed by atoms with Crippen molar-refractivity contribution >= 4 is 0 Å². The van der Waals surface area contributed by atoms with Crippen LogP contribution in [0.15, 0.2) is 12.1 Å². The Kier molecular flexibility index (Phi) is 3.29. The van der Waals surface area contributed by atoms with Crippen LogP contribution in [0.2, 0.25) is 0 Å². The summed E-state index contributed by atoms with van der Waals surface area (Å²) in [5.74, 6) is -1.08. The molecule has 0 aliphatic rings. The summed E-state index contributed by atoms with van der Waals surface area (Å²) in [5.41, 5.74) is 4.77. The maximum absolute atomic E-state index is 13.6. The van der Waals surface area contributed by atoms with Crippen LogP contribution in [-0.4, -0.2) is 13.7 Å². The Bertz CT molecular complexity index is 341. The van der Waals surface area contributed by atoms with Crippen molar-refractivity contribution in [3.63, 3.8) is 0 Å². The Hall–Kier alpha value is -1.16. The number of ether oxygens (including phenoxy) is 1. The summed E-state index contributed by atoms with van der Waals surface area (Å²) in [7, 11) is 1.36. The molecule has 0 radical (unpaired) electrons. The van der Waals surface area contributed by atoms with Crippen molar-refractivity contribution in [3.8, 4) is 5.75 Å². The molecule has 2 nitrogen and oxygen atoms in total. The van der Waals surface area contributed by atoms with Gasteiger partial charge in [-0.05, 0) is 0 Å². The SMILES string of the molecule is COc1cc(F)c(C(C)(C)CN)c(F)c1. The van der Waals surface area contributed by atoms with Crippen molar-refractivity contribution in [1.29, 1.82) is 0 Å². The predicted octanol–water partition coefficient (Wildman–Crippen LogP) is 2.21. The molecule has 0 amide bonds. The molecule has 0 bridgehead atoms. The average molecular weight is 215 g/mol. The zero-order chi connectivity index (χ0) is 11.6. The monoisotopic (exact) mass is 215 g/mol. The Balaban J connectivity index is 3.31. The van der Waals surface area contributed by atoms with Gasteiger partial charge in [0.25, 0.3) is 0 Å². The van der Waals surface area contributed by atoms with Gasteiger partial charge in [-0.2, -0.15) is 0 Å². The van der Waals surface area contributed by atoms with E-state index in [2.05, 4.69) is 0 Å². The van der Waals surface area contributed by atoms with E-state index in [1.807, 2.05) is 0 Å². The van der Waals surface area contributed by atoms with Crippen molar-refractivity contribution in [1.82, 2.24) is 0 Å². The van der Waals surface area contributed by atoms with Crippen LogP contribution in [0.5, 0.6) is 5.75 Å². The number of hydrogen-bond donors (Lipinski definition) is 1. The van der Waals surface area contributed by atoms with E-state index in [1.54, 1.807) is 13.8 Å². The summed E-state index contributed by atoms with van der Waals surface area (Å²) in [5, 5.41) is 0. The number of halogens is 2. The van der Waals surface area contributed by atoms with Crippen LogP contribution < -0.4 is 10.5 Å². The van der Waals surface area contributed by atoms with Gasteiger partial charge in [-0.25, -0.2) is 8.78 Å². The lowest BCUT2D eigenvalue weighted by molar-refractivity contribution is 0.397. The third-order valence-electron chi connectivity index (χ3n) is 2.44. The molecule has 15 heavy (non-hydrogen) atoms. The van der Waals surface area contributed by atoms with E-state index < -0.39 is 17.0 Å². The van der Waals surface area contributed by atoms with E-state index in [4.69, 9.17) is 10.5 Å². The lowest BCUT2D eigenvalue weighted by Gasteiger charge is -2.24. The van der Waals surface area contributed by atoms with E-state index in [0.717, 1.165) is 12.1 Å². The van der Waals surface area contributed by atoms with Gasteiger partial charge in [-0.15, -0.1) is 0 Å². The molecule has 4 heteroatoms. The van der Waals surface area contributed by atoms with Crippen molar-refractivity contribution in [2.24, 2.45) is 5.73 Å². The second-order valence-electron chi connectivity index (χ2n) is 4.05. The third kappa shape index (κ3) is 2.26. The van der Waals surface area contributed by atoms with E-state index in [-0.39, 0.29) is 17.9 Å². The number of nitrogens with two attached hydrogens (primary N) is 1. The van der Waals surface area contributed by atoms with Crippen molar-refractivity contribution in [2.45, 2.75) is 19.3 Å². The number of benzene rings is 1. The highest BCUT2D eigenvalue weighted by molar-refractivity contribution is 5.35. The van der Waals surface area contributed by atoms with E-state index in [0.29, 0.717) is 0 Å². The minimum absolute atomic E-state index is 0.00537. The number of rotatable bonds is 3. The average Bonchev–Trinajstić information content (AvgIpc) is 2.16. The molecule has 84 valence electrons. The first-order valence-electron chi connectivity index (χ1n) is 4.66. The van der Waals surface area contributed by atoms with Gasteiger partial charge in [0.15, 0.2) is 0 Å². The fourth-order valence-corrected chi connectivity index (χ4v) is 1.42. The largest absolute Gasteiger partial charge is 0.497 e. The highest BCUT2D eigenvalue weighted by atomic mass is 19.1. The third-order valence-corrected chi connectivity index (χ3v) is 2.44. The fraction of sp³-hybridized carbons (Fsp3) is 0.455. The second-order valence-corrected chi connectivity index (χ2v) is 4.05. The first kappa shape index (κ1) is 11.9. The molecule has 1 rings (SSSR count). The summed E-state index contributed by atoms with van der Waals surface area (Å²) < 4.78 is 32.0. The first-order chi connectivity index (χ1) is 6.92. The van der Waals surface area contributed by atoms with Crippen LogP contribution in [0.3, 0.4) is 0 Å². The Morgan fingerprint density at radius 1 is 1.27 bits per heavy atom. The molecule has 0 aliphatic carbocycles. The zero-order valence-electron chi connectivity index (χ0n) is 9.10. The molecule has 0 saturated heterocycles. The molecule has 0 heterocycles. The van der Waals surface area contributed by atoms with Gasteiger partial charge in [0, 0.05) is 29.7 Å². The molecule has 1 aromatic rings. The molecule has 0 aromatic heterocycles. The topological polar surface area (TPSA) is 35.2 Å². The van der Waals surface area contributed by atoms with Gasteiger partial charge in [0.2, 0.25) is 0 Å². The molecule has 0 saturated carbocycles. The lowest BCUT2D eigenvalue weighted by atomic mass is 9.84. The fourth-order valence-electron chi connectivity index (χ4n) is 1.42. The standard InChI is InChI=1S/C11H15F2NO/c1-11(2,6-14)10-8(12)4-7(15-3)5-9(10)13/h4-5H,6,14H2,1-3H3. The molecule has 0 aliphatic heterocycles. The van der Waals surface area contributed by atoms with Gasteiger partial charge in [-0.3, -0.25) is 0 Å². The Labute approximate surface area is 88.0 Å². The van der Waals surface area contributed by atoms with E-state index in [9.17, 15) is 8.78 Å². The molecule has 0 spiro atoms. The summed E-state index contributed by atoms with van der Waals surface area (Å²) >= 11 is 0. The lowest BCUT2D eigenvalue weighted by Crippen LogP contribution is -2.30. The minimum Gasteiger partial charge on any atom is -0.497 e.